The van der Waals surface area contributed by atoms with Crippen LogP contribution in [0.4, 0.5) is 19.7 Å². The van der Waals surface area contributed by atoms with Crippen LogP contribution in [0.25, 0.3) is 0 Å². The van der Waals surface area contributed by atoms with E-state index in [0.717, 1.165) is 18.9 Å². The molecule has 2 rings (SSSR count). The first-order chi connectivity index (χ1) is 11.4. The summed E-state index contributed by atoms with van der Waals surface area (Å²) in [4.78, 5) is 36.2. The van der Waals surface area contributed by atoms with Crippen LogP contribution < -0.4 is 16.4 Å². The van der Waals surface area contributed by atoms with Gasteiger partial charge in [-0.05, 0) is 31.0 Å². The van der Waals surface area contributed by atoms with Crippen molar-refractivity contribution in [3.63, 3.8) is 0 Å². The van der Waals surface area contributed by atoms with Crippen molar-refractivity contribution in [3.8, 4) is 0 Å². The molecule has 4 N–H and O–H groups in total. The van der Waals surface area contributed by atoms with Gasteiger partial charge in [-0.2, -0.15) is 0 Å². The average Bonchev–Trinajstić information content (AvgIpc) is 2.55. The molecule has 0 spiro atoms. The Morgan fingerprint density at radius 2 is 2.12 bits per heavy atom. The molecule has 1 aromatic rings. The van der Waals surface area contributed by atoms with E-state index in [0.29, 0.717) is 13.1 Å². The van der Waals surface area contributed by atoms with Gasteiger partial charge in [0.2, 0.25) is 0 Å². The predicted octanol–water partition coefficient (Wildman–Crippen LogP) is 1.28. The summed E-state index contributed by atoms with van der Waals surface area (Å²) >= 11 is 0. The van der Waals surface area contributed by atoms with E-state index >= 15 is 0 Å². The fourth-order valence-corrected chi connectivity index (χ4v) is 2.53. The topological polar surface area (TPSA) is 114 Å². The van der Waals surface area contributed by atoms with E-state index in [1.165, 1.54) is 24.1 Å². The third kappa shape index (κ3) is 4.34. The molecular weight excluding hydrogens is 319 g/mol. The number of nitrogens with two attached hydrogens (primary N) is 1. The van der Waals surface area contributed by atoms with E-state index in [-0.39, 0.29) is 17.3 Å². The summed E-state index contributed by atoms with van der Waals surface area (Å²) in [5.41, 5.74) is 5.00. The monoisotopic (exact) mass is 338 g/mol. The van der Waals surface area contributed by atoms with Gasteiger partial charge in [0.25, 0.3) is 5.91 Å². The number of nitrogens with zero attached hydrogens (tertiary/aromatic N) is 1. The quantitative estimate of drug-likeness (QED) is 0.770. The summed E-state index contributed by atoms with van der Waals surface area (Å²) in [5, 5.41) is 5.24. The van der Waals surface area contributed by atoms with Crippen molar-refractivity contribution in [2.24, 2.45) is 5.73 Å². The fraction of sp³-hybridized carbons (Fsp3) is 0.400. The van der Waals surface area contributed by atoms with Gasteiger partial charge in [-0.1, -0.05) is 0 Å². The van der Waals surface area contributed by atoms with Gasteiger partial charge in [0.15, 0.2) is 0 Å². The van der Waals surface area contributed by atoms with E-state index in [9.17, 15) is 18.8 Å². The molecule has 0 radical (unpaired) electrons. The number of urea groups is 1. The molecule has 0 aliphatic carbocycles. The minimum Gasteiger partial charge on any atom is -0.453 e. The summed E-state index contributed by atoms with van der Waals surface area (Å²) in [7, 11) is 1.30. The summed E-state index contributed by atoms with van der Waals surface area (Å²) in [6.07, 6.45) is 1.02. The third-order valence-corrected chi connectivity index (χ3v) is 3.68. The number of hydrogen-bond donors (Lipinski definition) is 3. The maximum atomic E-state index is 13.4. The number of nitrogens with one attached hydrogen (secondary N) is 2. The summed E-state index contributed by atoms with van der Waals surface area (Å²) < 4.78 is 18.1. The molecule has 1 fully saturated rings. The molecule has 1 aliphatic heterocycles. The normalized spacial score (nSPS) is 17.1. The first kappa shape index (κ1) is 17.5. The molecule has 1 heterocycles. The molecule has 9 heteroatoms. The molecule has 130 valence electrons. The molecule has 1 unspecified atom stereocenters. The molecule has 24 heavy (non-hydrogen) atoms. The van der Waals surface area contributed by atoms with E-state index in [1.54, 1.807) is 0 Å². The molecule has 1 aromatic carbocycles. The second-order valence-electron chi connectivity index (χ2n) is 5.41. The molecule has 0 aromatic heterocycles. The zero-order chi connectivity index (χ0) is 17.7. The number of piperidine rings is 1. The molecule has 1 aliphatic rings. The van der Waals surface area contributed by atoms with Crippen LogP contribution in [0, 0.1) is 5.82 Å². The average molecular weight is 338 g/mol. The van der Waals surface area contributed by atoms with Gasteiger partial charge in [0.1, 0.15) is 5.82 Å². The van der Waals surface area contributed by atoms with Crippen LogP contribution in [0.2, 0.25) is 0 Å². The third-order valence-electron chi connectivity index (χ3n) is 3.68. The largest absolute Gasteiger partial charge is 0.453 e. The minimum absolute atomic E-state index is 0.228. The molecule has 1 atom stereocenters. The number of rotatable bonds is 3. The van der Waals surface area contributed by atoms with Gasteiger partial charge in [0.05, 0.1) is 12.7 Å². The minimum atomic E-state index is -0.919. The van der Waals surface area contributed by atoms with Crippen LogP contribution in [0.5, 0.6) is 0 Å². The van der Waals surface area contributed by atoms with Crippen LogP contribution in [-0.2, 0) is 4.74 Å². The summed E-state index contributed by atoms with van der Waals surface area (Å²) in [6.45, 7) is 0.919. The number of carbonyl (C=O) groups is 3. The highest BCUT2D eigenvalue weighted by molar-refractivity contribution is 5.96. The van der Waals surface area contributed by atoms with Crippen LogP contribution in [-0.4, -0.2) is 49.2 Å². The van der Waals surface area contributed by atoms with Gasteiger partial charge in [-0.15, -0.1) is 0 Å². The highest BCUT2D eigenvalue weighted by Gasteiger charge is 2.25. The summed E-state index contributed by atoms with van der Waals surface area (Å²) in [5.74, 6) is -1.67. The summed E-state index contributed by atoms with van der Waals surface area (Å²) in [6, 6.07) is 2.79. The number of halogens is 1. The van der Waals surface area contributed by atoms with Gasteiger partial charge in [0, 0.05) is 24.8 Å². The highest BCUT2D eigenvalue weighted by Crippen LogP contribution is 2.15. The SMILES string of the molecule is COC(=O)N1CCCC(NC(=O)Nc2ccc(F)c(C(N)=O)c2)C1. The Hall–Kier alpha value is -2.84. The first-order valence-electron chi connectivity index (χ1n) is 7.40. The number of ether oxygens (including phenoxy) is 1. The lowest BCUT2D eigenvalue weighted by Crippen LogP contribution is -2.50. The Labute approximate surface area is 138 Å². The Morgan fingerprint density at radius 3 is 2.79 bits per heavy atom. The number of likely N-dealkylation sites (tertiary alicyclic amines) is 1. The molecule has 0 saturated carbocycles. The van der Waals surface area contributed by atoms with Crippen molar-refractivity contribution in [1.29, 1.82) is 0 Å². The van der Waals surface area contributed by atoms with Crippen molar-refractivity contribution in [2.75, 3.05) is 25.5 Å². The van der Waals surface area contributed by atoms with Crippen LogP contribution in [0.15, 0.2) is 18.2 Å². The van der Waals surface area contributed by atoms with Gasteiger partial charge >= 0.3 is 12.1 Å². The maximum Gasteiger partial charge on any atom is 0.409 e. The Balaban J connectivity index is 1.94. The molecular formula is C15H19FN4O4. The molecule has 4 amide bonds. The number of hydrogen-bond acceptors (Lipinski definition) is 4. The van der Waals surface area contributed by atoms with Crippen molar-refractivity contribution >= 4 is 23.7 Å². The Bertz CT molecular complexity index is 652. The number of methoxy groups -OCH3 is 1. The predicted molar refractivity (Wildman–Crippen MR) is 84.1 cm³/mol. The van der Waals surface area contributed by atoms with E-state index in [4.69, 9.17) is 5.73 Å². The fourth-order valence-electron chi connectivity index (χ4n) is 2.53. The zero-order valence-electron chi connectivity index (χ0n) is 13.2. The molecule has 1 saturated heterocycles. The lowest BCUT2D eigenvalue weighted by atomic mass is 10.1. The second kappa shape index (κ2) is 7.62. The first-order valence-corrected chi connectivity index (χ1v) is 7.40. The van der Waals surface area contributed by atoms with Gasteiger partial charge < -0.3 is 26.0 Å². The maximum absolute atomic E-state index is 13.4. The Kier molecular flexibility index (Phi) is 5.56. The van der Waals surface area contributed by atoms with E-state index in [1.807, 2.05) is 0 Å². The highest BCUT2D eigenvalue weighted by atomic mass is 19.1. The number of amides is 4. The smallest absolute Gasteiger partial charge is 0.409 e. The van der Waals surface area contributed by atoms with E-state index in [2.05, 4.69) is 15.4 Å². The zero-order valence-corrected chi connectivity index (χ0v) is 13.2. The lowest BCUT2D eigenvalue weighted by Gasteiger charge is -2.32. The molecule has 8 nitrogen and oxygen atoms in total. The second-order valence-corrected chi connectivity index (χ2v) is 5.41. The molecule has 0 bridgehead atoms. The Morgan fingerprint density at radius 1 is 1.38 bits per heavy atom. The van der Waals surface area contributed by atoms with Crippen molar-refractivity contribution in [2.45, 2.75) is 18.9 Å². The number of anilines is 1. The van der Waals surface area contributed by atoms with Gasteiger partial charge in [-0.25, -0.2) is 14.0 Å². The number of carbonyl (C=O) groups excluding carboxylic acids is 3. The van der Waals surface area contributed by atoms with Gasteiger partial charge in [-0.3, -0.25) is 4.79 Å². The number of primary amides is 1. The van der Waals surface area contributed by atoms with E-state index < -0.39 is 23.8 Å². The van der Waals surface area contributed by atoms with Crippen molar-refractivity contribution < 1.29 is 23.5 Å². The number of benzene rings is 1. The van der Waals surface area contributed by atoms with Crippen LogP contribution in [0.3, 0.4) is 0 Å². The van der Waals surface area contributed by atoms with Crippen molar-refractivity contribution in [3.05, 3.63) is 29.6 Å². The van der Waals surface area contributed by atoms with Crippen molar-refractivity contribution in [1.82, 2.24) is 10.2 Å². The van der Waals surface area contributed by atoms with Crippen LogP contribution >= 0.6 is 0 Å². The van der Waals surface area contributed by atoms with Crippen LogP contribution in [0.1, 0.15) is 23.2 Å². The lowest BCUT2D eigenvalue weighted by molar-refractivity contribution is 0.0996. The standard InChI is InChI=1S/C15H19FN4O4/c1-24-15(23)20-6-2-3-10(8-20)19-14(22)18-9-4-5-12(16)11(7-9)13(17)21/h4-5,7,10H,2-3,6,8H2,1H3,(H2,17,21)(H2,18,19,22).